The van der Waals surface area contributed by atoms with Gasteiger partial charge < -0.3 is 5.11 Å². The highest BCUT2D eigenvalue weighted by molar-refractivity contribution is 6.52. The van der Waals surface area contributed by atoms with E-state index in [1.165, 1.54) is 0 Å². The molecule has 4 heteroatoms. The Bertz CT molecular complexity index is 155. The molecule has 2 nitrogen and oxygen atoms in total. The van der Waals surface area contributed by atoms with Crippen LogP contribution in [-0.4, -0.2) is 15.4 Å². The number of rotatable bonds is 1. The quantitative estimate of drug-likeness (QED) is 0.604. The van der Waals surface area contributed by atoms with Crippen LogP contribution >= 0.6 is 23.2 Å². The SMILES string of the molecule is C[C@@H]1[C@@H](C(=O)O)C1(Cl)Cl. The molecule has 0 unspecified atom stereocenters. The molecule has 0 saturated heterocycles. The second-order valence-corrected chi connectivity index (χ2v) is 3.72. The summed E-state index contributed by atoms with van der Waals surface area (Å²) < 4.78 is -1.01. The van der Waals surface area contributed by atoms with Crippen LogP contribution in [0, 0.1) is 11.8 Å². The van der Waals surface area contributed by atoms with Crippen LogP contribution in [0.5, 0.6) is 0 Å². The van der Waals surface area contributed by atoms with Crippen molar-refractivity contribution in [1.82, 2.24) is 0 Å². The van der Waals surface area contributed by atoms with Crippen molar-refractivity contribution in [3.05, 3.63) is 0 Å². The second-order valence-electron chi connectivity index (χ2n) is 2.28. The Labute approximate surface area is 62.8 Å². The van der Waals surface area contributed by atoms with Crippen molar-refractivity contribution in [2.45, 2.75) is 11.3 Å². The largest absolute Gasteiger partial charge is 0.481 e. The third kappa shape index (κ3) is 0.904. The zero-order valence-electron chi connectivity index (χ0n) is 4.77. The van der Waals surface area contributed by atoms with Gasteiger partial charge in [-0.2, -0.15) is 0 Å². The monoisotopic (exact) mass is 168 g/mol. The molecule has 9 heavy (non-hydrogen) atoms. The number of halogens is 2. The fraction of sp³-hybridized carbons (Fsp3) is 0.800. The molecule has 0 aromatic rings. The lowest BCUT2D eigenvalue weighted by molar-refractivity contribution is -0.138. The number of carbonyl (C=O) groups is 1. The summed E-state index contributed by atoms with van der Waals surface area (Å²) in [5.41, 5.74) is 0. The molecule has 52 valence electrons. The van der Waals surface area contributed by atoms with Gasteiger partial charge >= 0.3 is 5.97 Å². The Balaban J connectivity index is 2.62. The van der Waals surface area contributed by atoms with Crippen molar-refractivity contribution >= 4 is 29.2 Å². The summed E-state index contributed by atoms with van der Waals surface area (Å²) >= 11 is 11.1. The lowest BCUT2D eigenvalue weighted by Crippen LogP contribution is -2.03. The molecule has 1 N–H and O–H groups in total. The molecule has 1 fully saturated rings. The first-order valence-corrected chi connectivity index (χ1v) is 3.34. The van der Waals surface area contributed by atoms with Crippen molar-refractivity contribution in [2.24, 2.45) is 11.8 Å². The molecule has 0 amide bonds. The molecule has 0 spiro atoms. The van der Waals surface area contributed by atoms with Gasteiger partial charge in [0, 0.05) is 5.92 Å². The molecular weight excluding hydrogens is 163 g/mol. The molecule has 0 aromatic carbocycles. The van der Waals surface area contributed by atoms with Crippen LogP contribution in [0.15, 0.2) is 0 Å². The normalized spacial score (nSPS) is 38.1. The first-order valence-electron chi connectivity index (χ1n) is 2.58. The van der Waals surface area contributed by atoms with Gasteiger partial charge in [0.25, 0.3) is 0 Å². The summed E-state index contributed by atoms with van der Waals surface area (Å²) in [6.45, 7) is 1.72. The van der Waals surface area contributed by atoms with Gasteiger partial charge in [-0.1, -0.05) is 6.92 Å². The first-order chi connectivity index (χ1) is 3.98. The van der Waals surface area contributed by atoms with Crippen LogP contribution in [0.3, 0.4) is 0 Å². The predicted octanol–water partition coefficient (Wildman–Crippen LogP) is 1.51. The van der Waals surface area contributed by atoms with Gasteiger partial charge in [-0.25, -0.2) is 0 Å². The molecule has 1 aliphatic carbocycles. The van der Waals surface area contributed by atoms with Crippen molar-refractivity contribution in [2.75, 3.05) is 0 Å². The number of aliphatic carboxylic acids is 1. The zero-order chi connectivity index (χ0) is 7.23. The Kier molecular flexibility index (Phi) is 1.41. The summed E-state index contributed by atoms with van der Waals surface area (Å²) in [4.78, 5) is 10.2. The van der Waals surface area contributed by atoms with Crippen molar-refractivity contribution in [3.8, 4) is 0 Å². The summed E-state index contributed by atoms with van der Waals surface area (Å²) in [6, 6.07) is 0. The fourth-order valence-corrected chi connectivity index (χ4v) is 1.55. The topological polar surface area (TPSA) is 37.3 Å². The van der Waals surface area contributed by atoms with Gasteiger partial charge in [0.15, 0.2) is 0 Å². The third-order valence-corrected chi connectivity index (χ3v) is 2.84. The van der Waals surface area contributed by atoms with Crippen LogP contribution in [0.2, 0.25) is 0 Å². The molecule has 0 radical (unpaired) electrons. The smallest absolute Gasteiger partial charge is 0.309 e. The minimum Gasteiger partial charge on any atom is -0.481 e. The van der Waals surface area contributed by atoms with Crippen molar-refractivity contribution in [3.63, 3.8) is 0 Å². The average molecular weight is 169 g/mol. The fourth-order valence-electron chi connectivity index (χ4n) is 0.858. The van der Waals surface area contributed by atoms with E-state index in [0.717, 1.165) is 0 Å². The summed E-state index contributed by atoms with van der Waals surface area (Å²) in [7, 11) is 0. The summed E-state index contributed by atoms with van der Waals surface area (Å²) in [5.74, 6) is -1.59. The minimum atomic E-state index is -1.01. The highest BCUT2D eigenvalue weighted by Crippen LogP contribution is 2.58. The molecule has 2 atom stereocenters. The van der Waals surface area contributed by atoms with E-state index in [0.29, 0.717) is 0 Å². The Hall–Kier alpha value is 0.0500. The molecule has 1 rings (SSSR count). The molecule has 0 heterocycles. The van der Waals surface area contributed by atoms with E-state index < -0.39 is 16.2 Å². The molecule has 0 aliphatic heterocycles. The van der Waals surface area contributed by atoms with Crippen LogP contribution in [0.25, 0.3) is 0 Å². The van der Waals surface area contributed by atoms with Gasteiger partial charge in [-0.15, -0.1) is 23.2 Å². The van der Waals surface area contributed by atoms with E-state index in [4.69, 9.17) is 28.3 Å². The lowest BCUT2D eigenvalue weighted by Gasteiger charge is -1.89. The Morgan fingerprint density at radius 1 is 1.67 bits per heavy atom. The van der Waals surface area contributed by atoms with Gasteiger partial charge in [-0.3, -0.25) is 4.79 Å². The zero-order valence-corrected chi connectivity index (χ0v) is 6.28. The number of carboxylic acid groups (broad SMARTS) is 1. The van der Waals surface area contributed by atoms with Gasteiger partial charge in [0.05, 0.1) is 5.92 Å². The highest BCUT2D eigenvalue weighted by atomic mass is 35.5. The van der Waals surface area contributed by atoms with Gasteiger partial charge in [0.2, 0.25) is 0 Å². The summed E-state index contributed by atoms with van der Waals surface area (Å²) in [5, 5.41) is 8.39. The number of hydrogen-bond acceptors (Lipinski definition) is 1. The van der Waals surface area contributed by atoms with Crippen LogP contribution in [0.4, 0.5) is 0 Å². The predicted molar refractivity (Wildman–Crippen MR) is 34.7 cm³/mol. The van der Waals surface area contributed by atoms with E-state index >= 15 is 0 Å². The van der Waals surface area contributed by atoms with Crippen LogP contribution < -0.4 is 0 Å². The van der Waals surface area contributed by atoms with E-state index in [1.807, 2.05) is 0 Å². The third-order valence-electron chi connectivity index (χ3n) is 1.68. The van der Waals surface area contributed by atoms with E-state index in [9.17, 15) is 4.79 Å². The maximum atomic E-state index is 10.2. The summed E-state index contributed by atoms with van der Waals surface area (Å²) in [6.07, 6.45) is 0. The van der Waals surface area contributed by atoms with E-state index in [-0.39, 0.29) is 5.92 Å². The van der Waals surface area contributed by atoms with Crippen molar-refractivity contribution in [1.29, 1.82) is 0 Å². The van der Waals surface area contributed by atoms with Crippen molar-refractivity contribution < 1.29 is 9.90 Å². The Morgan fingerprint density at radius 3 is 2.00 bits per heavy atom. The molecule has 0 aromatic heterocycles. The second kappa shape index (κ2) is 1.77. The number of alkyl halides is 2. The van der Waals surface area contributed by atoms with E-state index in [1.54, 1.807) is 6.92 Å². The minimum absolute atomic E-state index is 0.113. The Morgan fingerprint density at radius 2 is 2.00 bits per heavy atom. The maximum absolute atomic E-state index is 10.2. The maximum Gasteiger partial charge on any atom is 0.309 e. The van der Waals surface area contributed by atoms with Gasteiger partial charge in [-0.05, 0) is 0 Å². The van der Waals surface area contributed by atoms with Gasteiger partial charge in [0.1, 0.15) is 4.33 Å². The average Bonchev–Trinajstić information content (AvgIpc) is 2.07. The lowest BCUT2D eigenvalue weighted by atomic mass is 10.3. The first kappa shape index (κ1) is 7.16. The highest BCUT2D eigenvalue weighted by Gasteiger charge is 2.64. The number of hydrogen-bond donors (Lipinski definition) is 1. The molecule has 1 aliphatic rings. The molecule has 1 saturated carbocycles. The molecule has 0 bridgehead atoms. The van der Waals surface area contributed by atoms with Crippen LogP contribution in [0.1, 0.15) is 6.92 Å². The number of carboxylic acids is 1. The molecular formula is C5H6Cl2O2. The standard InChI is InChI=1S/C5H6Cl2O2/c1-2-3(4(8)9)5(2,6)7/h2-3H,1H3,(H,8,9)/t2-,3+/m1/s1. The van der Waals surface area contributed by atoms with Crippen LogP contribution in [-0.2, 0) is 4.79 Å². The van der Waals surface area contributed by atoms with E-state index in [2.05, 4.69) is 0 Å².